The first-order chi connectivity index (χ1) is 10.4. The number of benzene rings is 1. The molecule has 7 nitrogen and oxygen atoms in total. The van der Waals surface area contributed by atoms with E-state index in [9.17, 15) is 14.4 Å². The fourth-order valence-corrected chi connectivity index (χ4v) is 1.91. The molecule has 1 aromatic carbocycles. The quantitative estimate of drug-likeness (QED) is 0.749. The molecule has 3 N–H and O–H groups in total. The first-order valence-electron chi connectivity index (χ1n) is 6.35. The number of hydrogen-bond acceptors (Lipinski definition) is 4. The molecule has 22 heavy (non-hydrogen) atoms. The number of rotatable bonds is 4. The summed E-state index contributed by atoms with van der Waals surface area (Å²) in [4.78, 5) is 37.3. The molecule has 0 saturated heterocycles. The van der Waals surface area contributed by atoms with Gasteiger partial charge in [0, 0.05) is 11.3 Å². The highest BCUT2D eigenvalue weighted by Crippen LogP contribution is 2.19. The van der Waals surface area contributed by atoms with E-state index >= 15 is 0 Å². The lowest BCUT2D eigenvalue weighted by atomic mass is 10.1. The number of aromatic carboxylic acids is 1. The molecule has 0 spiro atoms. The monoisotopic (exact) mass is 302 g/mol. The fraction of sp³-hybridized carbons (Fsp3) is 0.133. The van der Waals surface area contributed by atoms with Crippen molar-refractivity contribution < 1.29 is 24.2 Å². The van der Waals surface area contributed by atoms with E-state index in [2.05, 4.69) is 15.0 Å². The summed E-state index contributed by atoms with van der Waals surface area (Å²) in [6.45, 7) is 1.74. The molecular formula is C15H14N2O5. The number of carbonyl (C=O) groups excluding carboxylic acids is 2. The van der Waals surface area contributed by atoms with Crippen LogP contribution in [-0.4, -0.2) is 35.0 Å². The molecule has 1 aromatic heterocycles. The highest BCUT2D eigenvalue weighted by molar-refractivity contribution is 6.08. The molecule has 0 fully saturated rings. The van der Waals surface area contributed by atoms with Gasteiger partial charge in [0.25, 0.3) is 5.91 Å². The highest BCUT2D eigenvalue weighted by Gasteiger charge is 2.17. The van der Waals surface area contributed by atoms with Crippen LogP contribution in [0.25, 0.3) is 0 Å². The lowest BCUT2D eigenvalue weighted by Gasteiger charge is -2.06. The second-order valence-electron chi connectivity index (χ2n) is 4.57. The Balaban J connectivity index is 2.22. The second-order valence-corrected chi connectivity index (χ2v) is 4.57. The van der Waals surface area contributed by atoms with Gasteiger partial charge in [-0.2, -0.15) is 0 Å². The van der Waals surface area contributed by atoms with Gasteiger partial charge in [0.15, 0.2) is 0 Å². The Bertz CT molecular complexity index is 731. The summed E-state index contributed by atoms with van der Waals surface area (Å²) in [6, 6.07) is 7.07. The molecule has 0 atom stereocenters. The Morgan fingerprint density at radius 2 is 1.73 bits per heavy atom. The Morgan fingerprint density at radius 1 is 1.14 bits per heavy atom. The first kappa shape index (κ1) is 15.3. The molecule has 0 aliphatic carbocycles. The van der Waals surface area contributed by atoms with Gasteiger partial charge in [-0.3, -0.25) is 4.79 Å². The van der Waals surface area contributed by atoms with Crippen LogP contribution in [0.15, 0.2) is 30.3 Å². The van der Waals surface area contributed by atoms with E-state index in [0.29, 0.717) is 11.4 Å². The second kappa shape index (κ2) is 6.13. The molecule has 7 heteroatoms. The molecule has 2 aromatic rings. The number of aromatic amines is 1. The predicted octanol–water partition coefficient (Wildman–Crippen LogP) is 2.06. The molecule has 2 rings (SSSR count). The lowest BCUT2D eigenvalue weighted by Crippen LogP contribution is -2.15. The van der Waals surface area contributed by atoms with Crippen molar-refractivity contribution in [2.75, 3.05) is 12.4 Å². The lowest BCUT2D eigenvalue weighted by molar-refractivity contribution is 0.0595. The molecule has 1 heterocycles. The average molecular weight is 302 g/mol. The third-order valence-corrected chi connectivity index (χ3v) is 2.98. The maximum Gasteiger partial charge on any atom is 0.356 e. The van der Waals surface area contributed by atoms with Crippen LogP contribution in [0.4, 0.5) is 5.69 Å². The van der Waals surface area contributed by atoms with Crippen LogP contribution in [0.2, 0.25) is 0 Å². The SMILES string of the molecule is COC(=O)c1[nH]c(C)cc1NC(=O)c1ccc(C(=O)O)cc1. The van der Waals surface area contributed by atoms with E-state index in [4.69, 9.17) is 5.11 Å². The number of carbonyl (C=O) groups is 3. The van der Waals surface area contributed by atoms with Gasteiger partial charge in [-0.05, 0) is 37.3 Å². The molecule has 1 amide bonds. The van der Waals surface area contributed by atoms with Crippen molar-refractivity contribution >= 4 is 23.5 Å². The third-order valence-electron chi connectivity index (χ3n) is 2.98. The summed E-state index contributed by atoms with van der Waals surface area (Å²) in [5, 5.41) is 11.4. The van der Waals surface area contributed by atoms with Crippen LogP contribution in [0.3, 0.4) is 0 Å². The minimum atomic E-state index is -1.07. The molecule has 0 unspecified atom stereocenters. The maximum atomic E-state index is 12.1. The van der Waals surface area contributed by atoms with Crippen molar-refractivity contribution in [1.82, 2.24) is 4.98 Å². The van der Waals surface area contributed by atoms with Gasteiger partial charge >= 0.3 is 11.9 Å². The van der Waals surface area contributed by atoms with Crippen LogP contribution in [-0.2, 0) is 4.74 Å². The summed E-state index contributed by atoms with van der Waals surface area (Å²) in [5.74, 6) is -2.12. The van der Waals surface area contributed by atoms with Crippen molar-refractivity contribution in [1.29, 1.82) is 0 Å². The summed E-state index contributed by atoms with van der Waals surface area (Å²) in [5.41, 5.74) is 1.51. The number of anilines is 1. The molecule has 114 valence electrons. The topological polar surface area (TPSA) is 108 Å². The van der Waals surface area contributed by atoms with Gasteiger partial charge in [-0.15, -0.1) is 0 Å². The Morgan fingerprint density at radius 3 is 2.27 bits per heavy atom. The number of esters is 1. The van der Waals surface area contributed by atoms with E-state index in [1.807, 2.05) is 0 Å². The number of nitrogens with one attached hydrogen (secondary N) is 2. The minimum Gasteiger partial charge on any atom is -0.478 e. The zero-order chi connectivity index (χ0) is 16.3. The van der Waals surface area contributed by atoms with Crippen molar-refractivity contribution in [2.45, 2.75) is 6.92 Å². The predicted molar refractivity (Wildman–Crippen MR) is 78.2 cm³/mol. The Hall–Kier alpha value is -3.09. The van der Waals surface area contributed by atoms with E-state index < -0.39 is 17.8 Å². The molecule has 0 bridgehead atoms. The van der Waals surface area contributed by atoms with Crippen molar-refractivity contribution in [3.8, 4) is 0 Å². The number of amides is 1. The fourth-order valence-electron chi connectivity index (χ4n) is 1.91. The van der Waals surface area contributed by atoms with Gasteiger partial charge in [0.1, 0.15) is 5.69 Å². The van der Waals surface area contributed by atoms with Gasteiger partial charge in [0.2, 0.25) is 0 Å². The van der Waals surface area contributed by atoms with Crippen molar-refractivity contribution in [2.24, 2.45) is 0 Å². The summed E-state index contributed by atoms with van der Waals surface area (Å²) >= 11 is 0. The molecule has 0 aliphatic heterocycles. The number of carboxylic acid groups (broad SMARTS) is 1. The van der Waals surface area contributed by atoms with Crippen molar-refractivity contribution in [3.63, 3.8) is 0 Å². The van der Waals surface area contributed by atoms with Crippen LogP contribution in [0.5, 0.6) is 0 Å². The Kier molecular flexibility index (Phi) is 4.26. The zero-order valence-electron chi connectivity index (χ0n) is 12.0. The summed E-state index contributed by atoms with van der Waals surface area (Å²) in [7, 11) is 1.24. The van der Waals surface area contributed by atoms with Gasteiger partial charge in [-0.1, -0.05) is 0 Å². The molecule has 0 aliphatic rings. The standard InChI is InChI=1S/C15H14N2O5/c1-8-7-11(12(16-8)15(21)22-2)17-13(18)9-3-5-10(6-4-9)14(19)20/h3-7,16H,1-2H3,(H,17,18)(H,19,20). The normalized spacial score (nSPS) is 10.1. The number of H-pyrrole nitrogens is 1. The van der Waals surface area contributed by atoms with Crippen LogP contribution >= 0.6 is 0 Å². The van der Waals surface area contributed by atoms with E-state index in [0.717, 1.165) is 0 Å². The molecular weight excluding hydrogens is 288 g/mol. The summed E-state index contributed by atoms with van der Waals surface area (Å²) < 4.78 is 4.63. The number of aryl methyl sites for hydroxylation is 1. The van der Waals surface area contributed by atoms with E-state index in [-0.39, 0.29) is 16.8 Å². The number of methoxy groups -OCH3 is 1. The molecule has 0 saturated carbocycles. The first-order valence-corrected chi connectivity index (χ1v) is 6.35. The van der Waals surface area contributed by atoms with E-state index in [1.54, 1.807) is 13.0 Å². The Labute approximate surface area is 125 Å². The van der Waals surface area contributed by atoms with Crippen LogP contribution in [0.1, 0.15) is 36.9 Å². The maximum absolute atomic E-state index is 12.1. The minimum absolute atomic E-state index is 0.0873. The van der Waals surface area contributed by atoms with E-state index in [1.165, 1.54) is 31.4 Å². The highest BCUT2D eigenvalue weighted by atomic mass is 16.5. The number of ether oxygens (including phenoxy) is 1. The smallest absolute Gasteiger partial charge is 0.356 e. The molecule has 0 radical (unpaired) electrons. The third kappa shape index (κ3) is 3.14. The zero-order valence-corrected chi connectivity index (χ0v) is 12.0. The van der Waals surface area contributed by atoms with Gasteiger partial charge in [0.05, 0.1) is 18.4 Å². The number of hydrogen-bond donors (Lipinski definition) is 3. The van der Waals surface area contributed by atoms with Gasteiger partial charge < -0.3 is 20.1 Å². The number of carboxylic acids is 1. The van der Waals surface area contributed by atoms with Crippen LogP contribution in [0, 0.1) is 6.92 Å². The number of aromatic nitrogens is 1. The van der Waals surface area contributed by atoms with Gasteiger partial charge in [-0.25, -0.2) is 9.59 Å². The summed E-state index contributed by atoms with van der Waals surface area (Å²) in [6.07, 6.45) is 0. The average Bonchev–Trinajstić information content (AvgIpc) is 2.87. The largest absolute Gasteiger partial charge is 0.478 e. The van der Waals surface area contributed by atoms with Crippen molar-refractivity contribution in [3.05, 3.63) is 52.8 Å². The van der Waals surface area contributed by atoms with Crippen LogP contribution < -0.4 is 5.32 Å².